The van der Waals surface area contributed by atoms with E-state index in [4.69, 9.17) is 0 Å². The molecule has 0 saturated heterocycles. The molecule has 1 N–H and O–H groups in total. The third-order valence-electron chi connectivity index (χ3n) is 2.33. The third-order valence-corrected chi connectivity index (χ3v) is 3.60. The summed E-state index contributed by atoms with van der Waals surface area (Å²) in [5.41, 5.74) is 2.05. The summed E-state index contributed by atoms with van der Waals surface area (Å²) in [6.07, 6.45) is 3.02. The lowest BCUT2D eigenvalue weighted by atomic mass is 10.3. The maximum atomic E-state index is 4.45. The molecule has 1 aliphatic heterocycles. The van der Waals surface area contributed by atoms with Crippen LogP contribution in [-0.2, 0) is 0 Å². The average molecular weight is 221 g/mol. The van der Waals surface area contributed by atoms with Gasteiger partial charge in [0.2, 0.25) is 0 Å². The van der Waals surface area contributed by atoms with Gasteiger partial charge >= 0.3 is 0 Å². The molecule has 0 bridgehead atoms. The summed E-state index contributed by atoms with van der Waals surface area (Å²) >= 11 is 1.82. The van der Waals surface area contributed by atoms with Gasteiger partial charge in [0.1, 0.15) is 0 Å². The minimum atomic E-state index is 0.644. The van der Waals surface area contributed by atoms with Gasteiger partial charge in [0.05, 0.1) is 18.4 Å². The first-order valence-electron chi connectivity index (χ1n) is 5.18. The summed E-state index contributed by atoms with van der Waals surface area (Å²) in [5, 5.41) is 4.95. The first kappa shape index (κ1) is 10.5. The van der Waals surface area contributed by atoms with E-state index in [1.165, 1.54) is 6.42 Å². The monoisotopic (exact) mass is 221 g/mol. The van der Waals surface area contributed by atoms with Crippen molar-refractivity contribution in [3.8, 4) is 0 Å². The Kier molecular flexibility index (Phi) is 3.26. The van der Waals surface area contributed by atoms with Crippen molar-refractivity contribution in [3.05, 3.63) is 24.0 Å². The Bertz CT molecular complexity index is 359. The predicted molar refractivity (Wildman–Crippen MR) is 66.6 cm³/mol. The number of aliphatic imine (C=N–C) groups is 1. The molecule has 0 spiro atoms. The summed E-state index contributed by atoms with van der Waals surface area (Å²) in [6.45, 7) is 5.12. The van der Waals surface area contributed by atoms with E-state index in [9.17, 15) is 0 Å². The fraction of sp³-hybridized carbons (Fsp3) is 0.455. The predicted octanol–water partition coefficient (Wildman–Crippen LogP) is 2.68. The number of hydrogen-bond donors (Lipinski definition) is 1. The molecule has 0 aliphatic carbocycles. The third kappa shape index (κ3) is 2.72. The molecule has 15 heavy (non-hydrogen) atoms. The van der Waals surface area contributed by atoms with Crippen LogP contribution in [0, 0.1) is 6.92 Å². The van der Waals surface area contributed by atoms with Gasteiger partial charge in [0.15, 0.2) is 5.17 Å². The second-order valence-electron chi connectivity index (χ2n) is 3.61. The maximum Gasteiger partial charge on any atom is 0.161 e. The molecule has 0 aromatic carbocycles. The van der Waals surface area contributed by atoms with Crippen LogP contribution in [0.5, 0.6) is 0 Å². The largest absolute Gasteiger partial charge is 0.334 e. The lowest BCUT2D eigenvalue weighted by molar-refractivity contribution is 0.843. The van der Waals surface area contributed by atoms with Gasteiger partial charge in [-0.15, -0.1) is 0 Å². The summed E-state index contributed by atoms with van der Waals surface area (Å²) in [7, 11) is 0. The number of nitrogens with one attached hydrogen (secondary N) is 1. The fourth-order valence-corrected chi connectivity index (χ4v) is 2.32. The highest BCUT2D eigenvalue weighted by Gasteiger charge is 2.17. The van der Waals surface area contributed by atoms with Gasteiger partial charge in [0.25, 0.3) is 0 Å². The van der Waals surface area contributed by atoms with Crippen molar-refractivity contribution < 1.29 is 0 Å². The number of hydrogen-bond acceptors (Lipinski definition) is 4. The Labute approximate surface area is 94.4 Å². The first-order chi connectivity index (χ1) is 7.28. The van der Waals surface area contributed by atoms with E-state index in [-0.39, 0.29) is 0 Å². The van der Waals surface area contributed by atoms with Crippen LogP contribution in [0.25, 0.3) is 0 Å². The Morgan fingerprint density at radius 3 is 3.00 bits per heavy atom. The molecule has 4 heteroatoms. The van der Waals surface area contributed by atoms with E-state index in [1.54, 1.807) is 0 Å². The van der Waals surface area contributed by atoms with Gasteiger partial charge in [-0.2, -0.15) is 0 Å². The molecule has 80 valence electrons. The van der Waals surface area contributed by atoms with Crippen molar-refractivity contribution in [1.29, 1.82) is 0 Å². The SMILES string of the molecule is CCC1CN=C(Nc2ccc(C)nc2)S1. The van der Waals surface area contributed by atoms with Crippen molar-refractivity contribution in [2.75, 3.05) is 11.9 Å². The zero-order chi connectivity index (χ0) is 10.7. The van der Waals surface area contributed by atoms with Crippen molar-refractivity contribution in [2.45, 2.75) is 25.5 Å². The number of aryl methyl sites for hydroxylation is 1. The minimum Gasteiger partial charge on any atom is -0.334 e. The smallest absolute Gasteiger partial charge is 0.161 e. The molecule has 2 heterocycles. The molecule has 1 aliphatic rings. The molecule has 0 radical (unpaired) electrons. The van der Waals surface area contributed by atoms with Crippen LogP contribution < -0.4 is 5.32 Å². The van der Waals surface area contributed by atoms with Crippen LogP contribution in [0.3, 0.4) is 0 Å². The Morgan fingerprint density at radius 2 is 2.40 bits per heavy atom. The van der Waals surface area contributed by atoms with Gasteiger partial charge in [-0.3, -0.25) is 9.98 Å². The number of nitrogens with zero attached hydrogens (tertiary/aromatic N) is 2. The van der Waals surface area contributed by atoms with Gasteiger partial charge in [-0.25, -0.2) is 0 Å². The molecular formula is C11H15N3S. The van der Waals surface area contributed by atoms with Gasteiger partial charge < -0.3 is 5.32 Å². The highest BCUT2D eigenvalue weighted by molar-refractivity contribution is 8.15. The number of thioether (sulfide) groups is 1. The minimum absolute atomic E-state index is 0.644. The van der Waals surface area contributed by atoms with Gasteiger partial charge in [-0.1, -0.05) is 18.7 Å². The van der Waals surface area contributed by atoms with E-state index < -0.39 is 0 Å². The Balaban J connectivity index is 1.95. The molecule has 0 amide bonds. The van der Waals surface area contributed by atoms with Crippen LogP contribution in [0.4, 0.5) is 5.69 Å². The molecule has 1 unspecified atom stereocenters. The number of amidine groups is 1. The lowest BCUT2D eigenvalue weighted by Gasteiger charge is -2.06. The zero-order valence-corrected chi connectivity index (χ0v) is 9.84. The Morgan fingerprint density at radius 1 is 1.53 bits per heavy atom. The molecule has 2 rings (SSSR count). The number of rotatable bonds is 2. The van der Waals surface area contributed by atoms with E-state index in [0.717, 1.165) is 23.1 Å². The van der Waals surface area contributed by atoms with Gasteiger partial charge in [-0.05, 0) is 25.5 Å². The van der Waals surface area contributed by atoms with Crippen LogP contribution in [0.15, 0.2) is 23.3 Å². The van der Waals surface area contributed by atoms with Crippen molar-refractivity contribution >= 4 is 22.6 Å². The fourth-order valence-electron chi connectivity index (χ4n) is 1.36. The summed E-state index contributed by atoms with van der Waals surface area (Å²) < 4.78 is 0. The maximum absolute atomic E-state index is 4.45. The summed E-state index contributed by atoms with van der Waals surface area (Å²) in [4.78, 5) is 8.68. The molecule has 1 aromatic heterocycles. The van der Waals surface area contributed by atoms with Gasteiger partial charge in [0, 0.05) is 10.9 Å². The number of aromatic nitrogens is 1. The van der Waals surface area contributed by atoms with Crippen LogP contribution in [0.2, 0.25) is 0 Å². The summed E-state index contributed by atoms with van der Waals surface area (Å²) in [6, 6.07) is 4.03. The molecule has 1 aromatic rings. The van der Waals surface area contributed by atoms with Crippen molar-refractivity contribution in [1.82, 2.24) is 4.98 Å². The van der Waals surface area contributed by atoms with Crippen LogP contribution in [-0.4, -0.2) is 21.9 Å². The van der Waals surface area contributed by atoms with Crippen molar-refractivity contribution in [3.63, 3.8) is 0 Å². The number of anilines is 1. The lowest BCUT2D eigenvalue weighted by Crippen LogP contribution is -2.07. The normalized spacial score (nSPS) is 20.1. The zero-order valence-electron chi connectivity index (χ0n) is 9.03. The van der Waals surface area contributed by atoms with E-state index >= 15 is 0 Å². The van der Waals surface area contributed by atoms with E-state index in [1.807, 2.05) is 37.0 Å². The molecule has 0 saturated carbocycles. The van der Waals surface area contributed by atoms with Crippen LogP contribution in [0.1, 0.15) is 19.0 Å². The summed E-state index contributed by atoms with van der Waals surface area (Å²) in [5.74, 6) is 0. The molecule has 1 atom stereocenters. The first-order valence-corrected chi connectivity index (χ1v) is 6.06. The second-order valence-corrected chi connectivity index (χ2v) is 4.90. The quantitative estimate of drug-likeness (QED) is 0.834. The molecule has 0 fully saturated rings. The standard InChI is InChI=1S/C11H15N3S/c1-3-10-7-13-11(15-10)14-9-5-4-8(2)12-6-9/h4-6,10H,3,7H2,1-2H3,(H,13,14). The Hall–Kier alpha value is -1.03. The van der Waals surface area contributed by atoms with E-state index in [0.29, 0.717) is 5.25 Å². The van der Waals surface area contributed by atoms with Crippen LogP contribution >= 0.6 is 11.8 Å². The molecular weight excluding hydrogens is 206 g/mol. The highest BCUT2D eigenvalue weighted by atomic mass is 32.2. The van der Waals surface area contributed by atoms with E-state index in [2.05, 4.69) is 22.2 Å². The second kappa shape index (κ2) is 4.66. The van der Waals surface area contributed by atoms with Crippen molar-refractivity contribution in [2.24, 2.45) is 4.99 Å². The number of pyridine rings is 1. The topological polar surface area (TPSA) is 37.3 Å². The molecule has 3 nitrogen and oxygen atoms in total. The highest BCUT2D eigenvalue weighted by Crippen LogP contribution is 2.24. The average Bonchev–Trinajstić information content (AvgIpc) is 2.69.